The molecule has 0 saturated heterocycles. The van der Waals surface area contributed by atoms with Crippen molar-refractivity contribution in [2.45, 2.75) is 50.0 Å². The number of benzene rings is 1. The van der Waals surface area contributed by atoms with E-state index in [0.717, 1.165) is 18.4 Å². The molecule has 0 radical (unpaired) electrons. The number of carbonyl (C=O) groups is 1. The number of rotatable bonds is 1. The zero-order valence-electron chi connectivity index (χ0n) is 10.5. The highest BCUT2D eigenvalue weighted by atomic mass is 16.4. The Kier molecular flexibility index (Phi) is 2.67. The number of carboxylic acid groups (broad SMARTS) is 1. The standard InChI is InChI=1S/C15H19NO2/c16-12-6-9-15(7-1-2-8-15)11-5-3-4-10(13(11)12)14(17)18/h3-5,12H,1-2,6-9,16H2,(H,17,18). The predicted octanol–water partition coefficient (Wildman–Crippen LogP) is 2.99. The molecule has 0 aliphatic heterocycles. The SMILES string of the molecule is NC1CCC2(CCCC2)c2cccc(C(=O)O)c21. The summed E-state index contributed by atoms with van der Waals surface area (Å²) in [6.45, 7) is 0. The molecule has 0 bridgehead atoms. The fourth-order valence-corrected chi connectivity index (χ4v) is 3.90. The first kappa shape index (κ1) is 11.7. The molecule has 3 heteroatoms. The van der Waals surface area contributed by atoms with E-state index in [0.29, 0.717) is 5.56 Å². The Morgan fingerprint density at radius 1 is 1.28 bits per heavy atom. The summed E-state index contributed by atoms with van der Waals surface area (Å²) in [5.74, 6) is -0.850. The molecule has 1 spiro atoms. The summed E-state index contributed by atoms with van der Waals surface area (Å²) in [5.41, 5.74) is 8.92. The smallest absolute Gasteiger partial charge is 0.336 e. The molecule has 96 valence electrons. The van der Waals surface area contributed by atoms with Crippen LogP contribution in [0, 0.1) is 0 Å². The molecule has 1 atom stereocenters. The van der Waals surface area contributed by atoms with Crippen LogP contribution in [0.5, 0.6) is 0 Å². The van der Waals surface area contributed by atoms with Crippen molar-refractivity contribution < 1.29 is 9.90 Å². The van der Waals surface area contributed by atoms with Crippen LogP contribution in [0.1, 0.15) is 66.1 Å². The van der Waals surface area contributed by atoms with Gasteiger partial charge in [0, 0.05) is 6.04 Å². The summed E-state index contributed by atoms with van der Waals surface area (Å²) >= 11 is 0. The van der Waals surface area contributed by atoms with Crippen LogP contribution in [0.2, 0.25) is 0 Å². The average Bonchev–Trinajstić information content (AvgIpc) is 2.83. The maximum Gasteiger partial charge on any atom is 0.336 e. The Hall–Kier alpha value is -1.35. The lowest BCUT2D eigenvalue weighted by atomic mass is 9.66. The van der Waals surface area contributed by atoms with Crippen LogP contribution >= 0.6 is 0 Å². The van der Waals surface area contributed by atoms with E-state index in [1.54, 1.807) is 6.07 Å². The van der Waals surface area contributed by atoms with Crippen LogP contribution in [0.4, 0.5) is 0 Å². The normalized spacial score (nSPS) is 25.1. The van der Waals surface area contributed by atoms with Crippen LogP contribution in [-0.4, -0.2) is 11.1 Å². The Morgan fingerprint density at radius 3 is 2.67 bits per heavy atom. The van der Waals surface area contributed by atoms with Gasteiger partial charge in [-0.05, 0) is 48.3 Å². The number of carboxylic acids is 1. The third kappa shape index (κ3) is 1.57. The molecular weight excluding hydrogens is 226 g/mol. The fourth-order valence-electron chi connectivity index (χ4n) is 3.90. The zero-order chi connectivity index (χ0) is 12.8. The van der Waals surface area contributed by atoms with Crippen LogP contribution in [0.3, 0.4) is 0 Å². The second-order valence-electron chi connectivity index (χ2n) is 5.70. The maximum atomic E-state index is 11.4. The molecular formula is C15H19NO2. The van der Waals surface area contributed by atoms with Gasteiger partial charge >= 0.3 is 5.97 Å². The summed E-state index contributed by atoms with van der Waals surface area (Å²) in [4.78, 5) is 11.4. The third-order valence-corrected chi connectivity index (χ3v) is 4.77. The largest absolute Gasteiger partial charge is 0.478 e. The zero-order valence-corrected chi connectivity index (χ0v) is 10.5. The quantitative estimate of drug-likeness (QED) is 0.799. The van der Waals surface area contributed by atoms with E-state index < -0.39 is 5.97 Å². The van der Waals surface area contributed by atoms with Crippen LogP contribution in [-0.2, 0) is 5.41 Å². The highest BCUT2D eigenvalue weighted by molar-refractivity contribution is 5.90. The molecule has 0 heterocycles. The number of hydrogen-bond donors (Lipinski definition) is 2. The van der Waals surface area contributed by atoms with Crippen LogP contribution < -0.4 is 5.73 Å². The number of fused-ring (bicyclic) bond motifs is 2. The lowest BCUT2D eigenvalue weighted by Gasteiger charge is -2.39. The molecule has 18 heavy (non-hydrogen) atoms. The Balaban J connectivity index is 2.19. The van der Waals surface area contributed by atoms with Crippen LogP contribution in [0.25, 0.3) is 0 Å². The van der Waals surface area contributed by atoms with Gasteiger partial charge in [0.05, 0.1) is 5.56 Å². The maximum absolute atomic E-state index is 11.4. The summed E-state index contributed by atoms with van der Waals surface area (Å²) < 4.78 is 0. The first-order valence-electron chi connectivity index (χ1n) is 6.76. The topological polar surface area (TPSA) is 63.3 Å². The minimum Gasteiger partial charge on any atom is -0.478 e. The molecule has 1 aromatic carbocycles. The van der Waals surface area contributed by atoms with Gasteiger partial charge in [-0.2, -0.15) is 0 Å². The monoisotopic (exact) mass is 245 g/mol. The van der Waals surface area contributed by atoms with Gasteiger partial charge in [-0.1, -0.05) is 25.0 Å². The van der Waals surface area contributed by atoms with E-state index in [1.807, 2.05) is 6.07 Å². The minimum absolute atomic E-state index is 0.112. The van der Waals surface area contributed by atoms with E-state index in [9.17, 15) is 9.90 Å². The third-order valence-electron chi connectivity index (χ3n) is 4.77. The Morgan fingerprint density at radius 2 is 2.00 bits per heavy atom. The molecule has 3 N–H and O–H groups in total. The van der Waals surface area contributed by atoms with Crippen molar-refractivity contribution in [2.24, 2.45) is 5.73 Å². The molecule has 3 rings (SSSR count). The second kappa shape index (κ2) is 4.09. The molecule has 1 unspecified atom stereocenters. The number of aromatic carboxylic acids is 1. The van der Waals surface area contributed by atoms with Crippen molar-refractivity contribution >= 4 is 5.97 Å². The highest BCUT2D eigenvalue weighted by Gasteiger charge is 2.42. The second-order valence-corrected chi connectivity index (χ2v) is 5.70. The van der Waals surface area contributed by atoms with E-state index in [4.69, 9.17) is 5.73 Å². The molecule has 1 fully saturated rings. The van der Waals surface area contributed by atoms with Gasteiger partial charge in [0.25, 0.3) is 0 Å². The lowest BCUT2D eigenvalue weighted by Crippen LogP contribution is -2.33. The number of nitrogens with two attached hydrogens (primary N) is 1. The lowest BCUT2D eigenvalue weighted by molar-refractivity contribution is 0.0694. The van der Waals surface area contributed by atoms with E-state index >= 15 is 0 Å². The van der Waals surface area contributed by atoms with Crippen molar-refractivity contribution in [3.63, 3.8) is 0 Å². The fraction of sp³-hybridized carbons (Fsp3) is 0.533. The van der Waals surface area contributed by atoms with Crippen molar-refractivity contribution in [3.05, 3.63) is 34.9 Å². The van der Waals surface area contributed by atoms with Gasteiger partial charge in [-0.15, -0.1) is 0 Å². The van der Waals surface area contributed by atoms with Gasteiger partial charge in [-0.25, -0.2) is 4.79 Å². The van der Waals surface area contributed by atoms with E-state index in [-0.39, 0.29) is 11.5 Å². The van der Waals surface area contributed by atoms with Crippen LogP contribution in [0.15, 0.2) is 18.2 Å². The molecule has 0 aromatic heterocycles. The molecule has 3 nitrogen and oxygen atoms in total. The van der Waals surface area contributed by atoms with E-state index in [2.05, 4.69) is 6.07 Å². The Bertz CT molecular complexity index is 489. The van der Waals surface area contributed by atoms with Crippen molar-refractivity contribution in [1.82, 2.24) is 0 Å². The predicted molar refractivity (Wildman–Crippen MR) is 69.7 cm³/mol. The summed E-state index contributed by atoms with van der Waals surface area (Å²) in [6, 6.07) is 5.56. The van der Waals surface area contributed by atoms with Crippen molar-refractivity contribution in [1.29, 1.82) is 0 Å². The van der Waals surface area contributed by atoms with Crippen molar-refractivity contribution in [3.8, 4) is 0 Å². The van der Waals surface area contributed by atoms with Gasteiger partial charge in [0.2, 0.25) is 0 Å². The summed E-state index contributed by atoms with van der Waals surface area (Å²) in [6.07, 6.45) is 6.92. The van der Waals surface area contributed by atoms with E-state index in [1.165, 1.54) is 31.2 Å². The van der Waals surface area contributed by atoms with Gasteiger partial charge in [0.15, 0.2) is 0 Å². The van der Waals surface area contributed by atoms with Gasteiger partial charge < -0.3 is 10.8 Å². The summed E-state index contributed by atoms with van der Waals surface area (Å²) in [5, 5.41) is 9.33. The average molecular weight is 245 g/mol. The minimum atomic E-state index is -0.850. The van der Waals surface area contributed by atoms with Crippen molar-refractivity contribution in [2.75, 3.05) is 0 Å². The molecule has 1 saturated carbocycles. The molecule has 1 aromatic rings. The summed E-state index contributed by atoms with van der Waals surface area (Å²) in [7, 11) is 0. The van der Waals surface area contributed by atoms with Gasteiger partial charge in [-0.3, -0.25) is 0 Å². The number of hydrogen-bond acceptors (Lipinski definition) is 2. The van der Waals surface area contributed by atoms with Gasteiger partial charge in [0.1, 0.15) is 0 Å². The molecule has 2 aliphatic rings. The first-order valence-corrected chi connectivity index (χ1v) is 6.76. The molecule has 0 amide bonds. The highest BCUT2D eigenvalue weighted by Crippen LogP contribution is 2.51. The molecule has 2 aliphatic carbocycles. The Labute approximate surface area is 107 Å². The first-order chi connectivity index (χ1) is 8.64.